The zero-order chi connectivity index (χ0) is 18.8. The van der Waals surface area contributed by atoms with Crippen LogP contribution in [0.15, 0.2) is 53.5 Å². The quantitative estimate of drug-likeness (QED) is 0.717. The molecule has 0 saturated carbocycles. The van der Waals surface area contributed by atoms with E-state index in [0.717, 1.165) is 23.3 Å². The molecule has 0 bridgehead atoms. The molecule has 0 amide bonds. The summed E-state index contributed by atoms with van der Waals surface area (Å²) in [6, 6.07) is 15.2. The maximum atomic E-state index is 10.4. The van der Waals surface area contributed by atoms with Gasteiger partial charge in [-0.25, -0.2) is 9.67 Å². The molecule has 1 atom stereocenters. The van der Waals surface area contributed by atoms with Gasteiger partial charge in [0.1, 0.15) is 12.4 Å². The molecular formula is C20H19ClN4O2. The summed E-state index contributed by atoms with van der Waals surface area (Å²) in [7, 11) is 0. The number of ether oxygens (including phenoxy) is 1. The predicted octanol–water partition coefficient (Wildman–Crippen LogP) is 4.21. The van der Waals surface area contributed by atoms with Gasteiger partial charge in [0.2, 0.25) is 0 Å². The van der Waals surface area contributed by atoms with E-state index in [0.29, 0.717) is 28.9 Å². The minimum Gasteiger partial charge on any atom is -0.487 e. The van der Waals surface area contributed by atoms with Gasteiger partial charge in [-0.15, -0.1) is 5.10 Å². The normalized spacial score (nSPS) is 16.0. The molecule has 2 heterocycles. The van der Waals surface area contributed by atoms with Gasteiger partial charge in [0.05, 0.1) is 5.71 Å². The van der Waals surface area contributed by atoms with Crippen LogP contribution in [-0.2, 0) is 6.42 Å². The summed E-state index contributed by atoms with van der Waals surface area (Å²) in [6.45, 7) is 2.29. The number of fused-ring (bicyclic) bond motifs is 1. The Morgan fingerprint density at radius 3 is 2.78 bits per heavy atom. The van der Waals surface area contributed by atoms with Crippen molar-refractivity contribution in [2.75, 3.05) is 6.61 Å². The second-order valence-corrected chi connectivity index (χ2v) is 6.67. The molecule has 27 heavy (non-hydrogen) atoms. The van der Waals surface area contributed by atoms with Gasteiger partial charge in [0, 0.05) is 22.6 Å². The lowest BCUT2D eigenvalue weighted by atomic mass is 10.1. The van der Waals surface area contributed by atoms with E-state index >= 15 is 0 Å². The molecule has 4 rings (SSSR count). The van der Waals surface area contributed by atoms with Crippen LogP contribution in [0.1, 0.15) is 25.1 Å². The van der Waals surface area contributed by atoms with Gasteiger partial charge < -0.3 is 9.84 Å². The minimum atomic E-state index is -0.814. The van der Waals surface area contributed by atoms with Gasteiger partial charge in [0.15, 0.2) is 12.1 Å². The standard InChI is InChI=1S/C20H19ClN4O2/c1-2-15-16(21)9-6-10-17(15)27-12-14-11-18(26)25-20(22-14)23-19(24-25)13-7-4-3-5-8-13/h3-10,18,26H,2,11-12H2,1H3. The predicted molar refractivity (Wildman–Crippen MR) is 105 cm³/mol. The second kappa shape index (κ2) is 7.50. The lowest BCUT2D eigenvalue weighted by Crippen LogP contribution is -2.23. The number of nitrogens with zero attached hydrogens (tertiary/aromatic N) is 4. The highest BCUT2D eigenvalue weighted by Crippen LogP contribution is 2.29. The number of aromatic nitrogens is 3. The molecule has 3 aromatic rings. The zero-order valence-electron chi connectivity index (χ0n) is 14.8. The van der Waals surface area contributed by atoms with Crippen molar-refractivity contribution >= 4 is 23.3 Å². The Morgan fingerprint density at radius 2 is 2.00 bits per heavy atom. The van der Waals surface area contributed by atoms with Crippen molar-refractivity contribution < 1.29 is 9.84 Å². The fraction of sp³-hybridized carbons (Fsp3) is 0.250. The van der Waals surface area contributed by atoms with Crippen molar-refractivity contribution in [2.24, 2.45) is 4.99 Å². The molecule has 1 aromatic heterocycles. The number of halogens is 1. The number of aliphatic imine (C=N–C) groups is 1. The number of hydrogen-bond acceptors (Lipinski definition) is 5. The fourth-order valence-corrected chi connectivity index (χ4v) is 3.35. The van der Waals surface area contributed by atoms with Crippen molar-refractivity contribution in [3.05, 3.63) is 59.1 Å². The molecule has 0 fully saturated rings. The summed E-state index contributed by atoms with van der Waals surface area (Å²) < 4.78 is 7.37. The summed E-state index contributed by atoms with van der Waals surface area (Å²) in [5.41, 5.74) is 2.56. The number of benzene rings is 2. The molecule has 2 aromatic carbocycles. The SMILES string of the molecule is CCc1c(Cl)cccc1OCC1=Nc2nc(-c3ccccc3)nn2C(O)C1. The molecule has 6 nitrogen and oxygen atoms in total. The van der Waals surface area contributed by atoms with Crippen molar-refractivity contribution in [3.8, 4) is 17.1 Å². The number of aliphatic hydroxyl groups is 1. The van der Waals surface area contributed by atoms with Crippen LogP contribution in [0.25, 0.3) is 11.4 Å². The van der Waals surface area contributed by atoms with E-state index in [1.54, 1.807) is 0 Å². The fourth-order valence-electron chi connectivity index (χ4n) is 3.05. The Hall–Kier alpha value is -2.70. The van der Waals surface area contributed by atoms with Crippen molar-refractivity contribution in [3.63, 3.8) is 0 Å². The number of rotatable bonds is 5. The Labute approximate surface area is 162 Å². The van der Waals surface area contributed by atoms with Crippen LogP contribution in [0.3, 0.4) is 0 Å². The first-order valence-electron chi connectivity index (χ1n) is 8.82. The van der Waals surface area contributed by atoms with Crippen LogP contribution in [0.2, 0.25) is 5.02 Å². The summed E-state index contributed by atoms with van der Waals surface area (Å²) in [6.07, 6.45) is 0.303. The van der Waals surface area contributed by atoms with E-state index in [2.05, 4.69) is 15.1 Å². The van der Waals surface area contributed by atoms with Crippen molar-refractivity contribution in [2.45, 2.75) is 26.0 Å². The van der Waals surface area contributed by atoms with Gasteiger partial charge in [0.25, 0.3) is 5.95 Å². The van der Waals surface area contributed by atoms with Crippen molar-refractivity contribution in [1.82, 2.24) is 14.8 Å². The third-order valence-electron chi connectivity index (χ3n) is 4.43. The third-order valence-corrected chi connectivity index (χ3v) is 4.78. The molecule has 7 heteroatoms. The van der Waals surface area contributed by atoms with E-state index in [9.17, 15) is 5.11 Å². The maximum absolute atomic E-state index is 10.4. The molecule has 1 aliphatic rings. The Balaban J connectivity index is 1.56. The highest BCUT2D eigenvalue weighted by Gasteiger charge is 2.24. The van der Waals surface area contributed by atoms with Gasteiger partial charge >= 0.3 is 0 Å². The average molecular weight is 383 g/mol. The monoisotopic (exact) mass is 382 g/mol. The number of aliphatic hydroxyl groups excluding tert-OH is 1. The van der Waals surface area contributed by atoms with Crippen LogP contribution in [0.4, 0.5) is 5.95 Å². The largest absolute Gasteiger partial charge is 0.487 e. The smallest absolute Gasteiger partial charge is 0.250 e. The van der Waals surface area contributed by atoms with E-state index in [1.165, 1.54) is 4.68 Å². The second-order valence-electron chi connectivity index (χ2n) is 6.27. The lowest BCUT2D eigenvalue weighted by molar-refractivity contribution is 0.0958. The Morgan fingerprint density at radius 1 is 1.19 bits per heavy atom. The van der Waals surface area contributed by atoms with E-state index in [-0.39, 0.29) is 6.61 Å². The topological polar surface area (TPSA) is 72.5 Å². The Bertz CT molecular complexity index is 985. The summed E-state index contributed by atoms with van der Waals surface area (Å²) in [4.78, 5) is 8.98. The van der Waals surface area contributed by atoms with Crippen LogP contribution >= 0.6 is 11.6 Å². The number of hydrogen-bond donors (Lipinski definition) is 1. The van der Waals surface area contributed by atoms with Crippen LogP contribution in [-0.4, -0.2) is 32.2 Å². The first-order chi connectivity index (χ1) is 13.2. The van der Waals surface area contributed by atoms with Gasteiger partial charge in [-0.3, -0.25) is 0 Å². The van der Waals surface area contributed by atoms with Crippen molar-refractivity contribution in [1.29, 1.82) is 0 Å². The molecule has 0 saturated heterocycles. The molecule has 0 radical (unpaired) electrons. The zero-order valence-corrected chi connectivity index (χ0v) is 15.6. The highest BCUT2D eigenvalue weighted by atomic mass is 35.5. The van der Waals surface area contributed by atoms with Crippen LogP contribution < -0.4 is 4.74 Å². The van der Waals surface area contributed by atoms with Gasteiger partial charge in [-0.2, -0.15) is 4.98 Å². The van der Waals surface area contributed by atoms with E-state index < -0.39 is 6.23 Å². The van der Waals surface area contributed by atoms with Crippen LogP contribution in [0.5, 0.6) is 5.75 Å². The maximum Gasteiger partial charge on any atom is 0.250 e. The summed E-state index contributed by atoms with van der Waals surface area (Å²) in [5.74, 6) is 1.66. The average Bonchev–Trinajstić information content (AvgIpc) is 3.12. The molecule has 1 unspecified atom stereocenters. The summed E-state index contributed by atoms with van der Waals surface area (Å²) >= 11 is 6.23. The highest BCUT2D eigenvalue weighted by molar-refractivity contribution is 6.31. The molecule has 138 valence electrons. The first kappa shape index (κ1) is 17.7. The molecule has 0 aliphatic carbocycles. The van der Waals surface area contributed by atoms with Crippen LogP contribution in [0, 0.1) is 0 Å². The molecule has 0 spiro atoms. The minimum absolute atomic E-state index is 0.262. The van der Waals surface area contributed by atoms with Gasteiger partial charge in [-0.05, 0) is 18.6 Å². The van der Waals surface area contributed by atoms with Gasteiger partial charge in [-0.1, -0.05) is 54.9 Å². The lowest BCUT2D eigenvalue weighted by Gasteiger charge is -2.19. The van der Waals surface area contributed by atoms with E-state index in [1.807, 2.05) is 55.5 Å². The van der Waals surface area contributed by atoms with E-state index in [4.69, 9.17) is 16.3 Å². The molecule has 1 N–H and O–H groups in total. The third kappa shape index (κ3) is 3.59. The Kier molecular flexibility index (Phi) is 4.92. The summed E-state index contributed by atoms with van der Waals surface area (Å²) in [5, 5.41) is 15.5. The molecular weight excluding hydrogens is 364 g/mol. The molecule has 1 aliphatic heterocycles. The first-order valence-corrected chi connectivity index (χ1v) is 9.20.